The summed E-state index contributed by atoms with van der Waals surface area (Å²) in [5.74, 6) is 0.0322. The molecule has 1 aliphatic carbocycles. The predicted molar refractivity (Wildman–Crippen MR) is 128 cm³/mol. The first-order valence-corrected chi connectivity index (χ1v) is 12.1. The minimum Gasteiger partial charge on any atom is -0.357 e. The van der Waals surface area contributed by atoms with Gasteiger partial charge >= 0.3 is 0 Å². The molecule has 10 heteroatoms. The van der Waals surface area contributed by atoms with E-state index in [1.807, 2.05) is 18.7 Å². The molecule has 1 aromatic rings. The van der Waals surface area contributed by atoms with Crippen LogP contribution in [0.1, 0.15) is 31.7 Å². The number of nitrogens with zero attached hydrogens (tertiary/aromatic N) is 1. The lowest BCUT2D eigenvalue weighted by molar-refractivity contribution is 0.600. The van der Waals surface area contributed by atoms with Crippen molar-refractivity contribution < 1.29 is 12.8 Å². The molecular formula is C18H30FIN4O2S2. The molecule has 3 N–H and O–H groups in total. The molecule has 0 aliphatic heterocycles. The van der Waals surface area contributed by atoms with Crippen LogP contribution in [0.5, 0.6) is 0 Å². The standard InChI is InChI=1S/C18H29FN4O2S2.HI/c1-4-20-18(22-14-7-8-16(11-14)26-3)21-9-10-27(24,25)23-15-6-5-13(2)17(19)12-15;/h5-6,12,14,16,23H,4,7-11H2,1-3H3,(H2,20,21,22);1H. The third-order valence-corrected chi connectivity index (χ3v) is 6.84. The van der Waals surface area contributed by atoms with E-state index in [2.05, 4.69) is 26.6 Å². The van der Waals surface area contributed by atoms with Gasteiger partial charge < -0.3 is 10.6 Å². The molecule has 0 radical (unpaired) electrons. The largest absolute Gasteiger partial charge is 0.357 e. The van der Waals surface area contributed by atoms with Crippen molar-refractivity contribution >= 4 is 57.4 Å². The van der Waals surface area contributed by atoms with Gasteiger partial charge in [0.15, 0.2) is 5.96 Å². The van der Waals surface area contributed by atoms with Gasteiger partial charge in [-0.1, -0.05) is 6.07 Å². The van der Waals surface area contributed by atoms with Crippen LogP contribution in [0.2, 0.25) is 0 Å². The summed E-state index contributed by atoms with van der Waals surface area (Å²) in [5.41, 5.74) is 0.695. The van der Waals surface area contributed by atoms with Gasteiger partial charge in [-0.3, -0.25) is 9.71 Å². The molecule has 1 saturated carbocycles. The zero-order valence-corrected chi connectivity index (χ0v) is 20.5. The van der Waals surface area contributed by atoms with Crippen molar-refractivity contribution in [1.82, 2.24) is 10.6 Å². The molecule has 2 atom stereocenters. The van der Waals surface area contributed by atoms with E-state index in [1.165, 1.54) is 12.5 Å². The van der Waals surface area contributed by atoms with Crippen LogP contribution in [-0.4, -0.2) is 50.8 Å². The highest BCUT2D eigenvalue weighted by Gasteiger charge is 2.24. The molecule has 0 aromatic heterocycles. The summed E-state index contributed by atoms with van der Waals surface area (Å²) in [6.07, 6.45) is 5.49. The molecule has 160 valence electrons. The van der Waals surface area contributed by atoms with Crippen LogP contribution in [0.15, 0.2) is 23.2 Å². The maximum atomic E-state index is 13.6. The van der Waals surface area contributed by atoms with E-state index in [9.17, 15) is 12.8 Å². The van der Waals surface area contributed by atoms with Crippen LogP contribution in [0.25, 0.3) is 0 Å². The van der Waals surface area contributed by atoms with Crippen molar-refractivity contribution in [2.75, 3.05) is 29.8 Å². The quantitative estimate of drug-likeness (QED) is 0.266. The van der Waals surface area contributed by atoms with Gasteiger partial charge in [0.25, 0.3) is 0 Å². The fourth-order valence-corrected chi connectivity index (χ4v) is 4.68. The first-order chi connectivity index (χ1) is 12.8. The van der Waals surface area contributed by atoms with Crippen LogP contribution in [-0.2, 0) is 10.0 Å². The average Bonchev–Trinajstić information content (AvgIpc) is 3.05. The summed E-state index contributed by atoms with van der Waals surface area (Å²) in [5, 5.41) is 7.22. The minimum atomic E-state index is -3.60. The van der Waals surface area contributed by atoms with E-state index in [0.29, 0.717) is 29.4 Å². The van der Waals surface area contributed by atoms with Crippen LogP contribution >= 0.6 is 35.7 Å². The van der Waals surface area contributed by atoms with Gasteiger partial charge in [0.1, 0.15) is 5.82 Å². The van der Waals surface area contributed by atoms with E-state index in [0.717, 1.165) is 12.8 Å². The van der Waals surface area contributed by atoms with Crippen molar-refractivity contribution in [2.24, 2.45) is 4.99 Å². The number of sulfonamides is 1. The Kier molecular flexibility index (Phi) is 10.9. The molecule has 2 rings (SSSR count). The van der Waals surface area contributed by atoms with Gasteiger partial charge in [-0.15, -0.1) is 24.0 Å². The van der Waals surface area contributed by atoms with Crippen molar-refractivity contribution in [3.05, 3.63) is 29.6 Å². The Morgan fingerprint density at radius 3 is 2.71 bits per heavy atom. The lowest BCUT2D eigenvalue weighted by Crippen LogP contribution is -2.42. The lowest BCUT2D eigenvalue weighted by atomic mass is 10.2. The van der Waals surface area contributed by atoms with E-state index in [1.54, 1.807) is 19.1 Å². The lowest BCUT2D eigenvalue weighted by Gasteiger charge is -2.17. The molecule has 1 fully saturated rings. The van der Waals surface area contributed by atoms with Crippen LogP contribution in [0.4, 0.5) is 10.1 Å². The average molecular weight is 545 g/mol. The summed E-state index contributed by atoms with van der Waals surface area (Å²) in [6, 6.07) is 4.64. The highest BCUT2D eigenvalue weighted by atomic mass is 127. The predicted octanol–water partition coefficient (Wildman–Crippen LogP) is 3.33. The molecule has 1 aliphatic rings. The highest BCUT2D eigenvalue weighted by Crippen LogP contribution is 2.28. The number of hydrogen-bond donors (Lipinski definition) is 3. The summed E-state index contributed by atoms with van der Waals surface area (Å²) < 4.78 is 40.4. The topological polar surface area (TPSA) is 82.6 Å². The second-order valence-corrected chi connectivity index (χ2v) is 9.64. The zero-order valence-electron chi connectivity index (χ0n) is 16.5. The van der Waals surface area contributed by atoms with Crippen LogP contribution in [0, 0.1) is 12.7 Å². The van der Waals surface area contributed by atoms with Gasteiger partial charge in [0, 0.05) is 17.8 Å². The molecule has 28 heavy (non-hydrogen) atoms. The highest BCUT2D eigenvalue weighted by molar-refractivity contribution is 14.0. The fourth-order valence-electron chi connectivity index (χ4n) is 2.96. The zero-order chi connectivity index (χ0) is 19.9. The van der Waals surface area contributed by atoms with Gasteiger partial charge in [-0.05, 0) is 57.1 Å². The monoisotopic (exact) mass is 544 g/mol. The molecular weight excluding hydrogens is 514 g/mol. The molecule has 0 bridgehead atoms. The van der Waals surface area contributed by atoms with E-state index in [-0.39, 0.29) is 42.0 Å². The first-order valence-electron chi connectivity index (χ1n) is 9.17. The Bertz CT molecular complexity index is 762. The molecule has 1 aromatic carbocycles. The SMILES string of the molecule is CCNC(=NCCS(=O)(=O)Nc1ccc(C)c(F)c1)NC1CCC(SC)C1.I. The molecule has 6 nitrogen and oxygen atoms in total. The second kappa shape index (κ2) is 12.1. The fraction of sp³-hybridized carbons (Fsp3) is 0.611. The third-order valence-electron chi connectivity index (χ3n) is 4.48. The molecule has 0 amide bonds. The number of nitrogens with one attached hydrogen (secondary N) is 3. The van der Waals surface area contributed by atoms with Gasteiger partial charge in [0.2, 0.25) is 10.0 Å². The summed E-state index contributed by atoms with van der Waals surface area (Å²) >= 11 is 1.89. The summed E-state index contributed by atoms with van der Waals surface area (Å²) in [4.78, 5) is 4.38. The minimum absolute atomic E-state index is 0. The number of guanidine groups is 1. The van der Waals surface area contributed by atoms with Crippen LogP contribution < -0.4 is 15.4 Å². The Labute approximate surface area is 189 Å². The normalized spacial score (nSPS) is 19.8. The third kappa shape index (κ3) is 8.32. The Morgan fingerprint density at radius 2 is 2.11 bits per heavy atom. The number of halogens is 2. The number of hydrogen-bond acceptors (Lipinski definition) is 4. The Balaban J connectivity index is 0.00000392. The van der Waals surface area contributed by atoms with E-state index >= 15 is 0 Å². The van der Waals surface area contributed by atoms with Crippen molar-refractivity contribution in [3.63, 3.8) is 0 Å². The van der Waals surface area contributed by atoms with Gasteiger partial charge in [0.05, 0.1) is 18.0 Å². The Hall–Kier alpha value is -0.750. The number of aliphatic imine (C=N–C) groups is 1. The van der Waals surface area contributed by atoms with Crippen molar-refractivity contribution in [2.45, 2.75) is 44.4 Å². The van der Waals surface area contributed by atoms with Crippen molar-refractivity contribution in [3.8, 4) is 0 Å². The van der Waals surface area contributed by atoms with E-state index in [4.69, 9.17) is 0 Å². The molecule has 2 unspecified atom stereocenters. The Morgan fingerprint density at radius 1 is 1.36 bits per heavy atom. The second-order valence-electron chi connectivity index (χ2n) is 6.66. The number of thioether (sulfide) groups is 1. The molecule has 0 heterocycles. The maximum absolute atomic E-state index is 13.6. The molecule has 0 saturated heterocycles. The van der Waals surface area contributed by atoms with E-state index < -0.39 is 15.8 Å². The number of anilines is 1. The number of aryl methyl sites for hydroxylation is 1. The smallest absolute Gasteiger partial charge is 0.234 e. The number of rotatable bonds is 8. The van der Waals surface area contributed by atoms with Crippen molar-refractivity contribution in [1.29, 1.82) is 0 Å². The van der Waals surface area contributed by atoms with Gasteiger partial charge in [-0.2, -0.15) is 11.8 Å². The summed E-state index contributed by atoms with van der Waals surface area (Å²) in [6.45, 7) is 4.43. The summed E-state index contributed by atoms with van der Waals surface area (Å²) in [7, 11) is -3.60. The van der Waals surface area contributed by atoms with Crippen LogP contribution in [0.3, 0.4) is 0 Å². The maximum Gasteiger partial charge on any atom is 0.234 e. The number of benzene rings is 1. The van der Waals surface area contributed by atoms with Gasteiger partial charge in [-0.25, -0.2) is 12.8 Å². The first kappa shape index (κ1) is 25.3. The molecule has 0 spiro atoms.